The minimum absolute atomic E-state index is 0.0586. The van der Waals surface area contributed by atoms with Crippen molar-refractivity contribution in [3.8, 4) is 0 Å². The third-order valence-electron chi connectivity index (χ3n) is 2.49. The highest BCUT2D eigenvalue weighted by Gasteiger charge is 2.28. The summed E-state index contributed by atoms with van der Waals surface area (Å²) < 4.78 is 36.4. The maximum Gasteiger partial charge on any atom is 0.390 e. The first-order chi connectivity index (χ1) is 9.54. The van der Waals surface area contributed by atoms with Gasteiger partial charge < -0.3 is 21.7 Å². The lowest BCUT2D eigenvalue weighted by Gasteiger charge is -2.08. The Hall–Kier alpha value is -1.97. The molecule has 6 nitrogen and oxygen atoms in total. The normalized spacial score (nSPS) is 11.3. The second kappa shape index (κ2) is 6.20. The lowest BCUT2D eigenvalue weighted by atomic mass is 10.2. The number of nitrogen functional groups attached to an aromatic ring is 1. The fraction of sp³-hybridized carbons (Fsp3) is 0.455. The van der Waals surface area contributed by atoms with E-state index in [2.05, 4.69) is 5.32 Å². The first-order valence-electron chi connectivity index (χ1n) is 5.79. The van der Waals surface area contributed by atoms with E-state index in [4.69, 9.17) is 11.5 Å². The number of amides is 2. The zero-order valence-electron chi connectivity index (χ0n) is 11.4. The molecule has 0 aliphatic carbocycles. The number of nitrogens with two attached hydrogens (primary N) is 2. The Morgan fingerprint density at radius 2 is 1.90 bits per heavy atom. The van der Waals surface area contributed by atoms with E-state index in [-0.39, 0.29) is 21.1 Å². The Morgan fingerprint density at radius 3 is 2.33 bits per heavy atom. The Kier molecular flexibility index (Phi) is 5.05. The molecule has 0 aromatic carbocycles. The maximum absolute atomic E-state index is 12.1. The van der Waals surface area contributed by atoms with Crippen LogP contribution in [0.25, 0.3) is 0 Å². The predicted molar refractivity (Wildman–Crippen MR) is 74.4 cm³/mol. The molecule has 0 aliphatic rings. The number of hydrogen-bond acceptors (Lipinski definition) is 5. The number of nitrogens with one attached hydrogen (secondary N) is 1. The van der Waals surface area contributed by atoms with Gasteiger partial charge in [-0.2, -0.15) is 13.2 Å². The number of carbonyl (C=O) groups is 2. The number of primary amides is 1. The summed E-state index contributed by atoms with van der Waals surface area (Å²) in [7, 11) is 2.98. The Morgan fingerprint density at radius 1 is 1.33 bits per heavy atom. The number of carbonyl (C=O) groups excluding carboxylic acids is 2. The minimum atomic E-state index is -4.33. The number of halogens is 3. The van der Waals surface area contributed by atoms with Crippen molar-refractivity contribution in [1.82, 2.24) is 4.90 Å². The van der Waals surface area contributed by atoms with Gasteiger partial charge in [-0.15, -0.1) is 11.3 Å². The summed E-state index contributed by atoms with van der Waals surface area (Å²) in [5.74, 6) is -1.36. The van der Waals surface area contributed by atoms with Crippen LogP contribution in [0, 0.1) is 0 Å². The molecule has 1 aromatic heterocycles. The van der Waals surface area contributed by atoms with Gasteiger partial charge in [-0.25, -0.2) is 0 Å². The Bertz CT molecular complexity index is 554. The molecule has 0 saturated carbocycles. The zero-order valence-corrected chi connectivity index (χ0v) is 12.2. The number of alkyl halides is 3. The highest BCUT2D eigenvalue weighted by Crippen LogP contribution is 2.36. The first-order valence-corrected chi connectivity index (χ1v) is 6.60. The summed E-state index contributed by atoms with van der Waals surface area (Å²) in [6.07, 6.45) is -5.41. The molecule has 5 N–H and O–H groups in total. The van der Waals surface area contributed by atoms with Crippen LogP contribution in [0.2, 0.25) is 0 Å². The second-order valence-corrected chi connectivity index (χ2v) is 5.43. The topological polar surface area (TPSA) is 101 Å². The van der Waals surface area contributed by atoms with Crippen molar-refractivity contribution in [3.63, 3.8) is 0 Å². The highest BCUT2D eigenvalue weighted by molar-refractivity contribution is 7.19. The lowest BCUT2D eigenvalue weighted by molar-refractivity contribution is -0.131. The van der Waals surface area contributed by atoms with Crippen LogP contribution in [0.15, 0.2) is 0 Å². The summed E-state index contributed by atoms with van der Waals surface area (Å²) in [6.45, 7) is -0.445. The van der Waals surface area contributed by atoms with E-state index in [1.165, 1.54) is 19.0 Å². The number of nitrogens with zero attached hydrogens (tertiary/aromatic N) is 1. The molecule has 0 saturated heterocycles. The van der Waals surface area contributed by atoms with Crippen molar-refractivity contribution < 1.29 is 22.8 Å². The Labute approximate surface area is 122 Å². The number of hydrogen-bond donors (Lipinski definition) is 3. The van der Waals surface area contributed by atoms with Crippen LogP contribution in [-0.2, 0) is 0 Å². The van der Waals surface area contributed by atoms with E-state index in [0.717, 1.165) is 11.3 Å². The molecule has 0 fully saturated rings. The third-order valence-corrected chi connectivity index (χ3v) is 3.64. The summed E-state index contributed by atoms with van der Waals surface area (Å²) in [4.78, 5) is 24.6. The van der Waals surface area contributed by atoms with Crippen molar-refractivity contribution in [2.24, 2.45) is 5.73 Å². The molecule has 0 aliphatic heterocycles. The van der Waals surface area contributed by atoms with Gasteiger partial charge in [-0.1, -0.05) is 0 Å². The van der Waals surface area contributed by atoms with E-state index in [1.54, 1.807) is 0 Å². The number of anilines is 2. The van der Waals surface area contributed by atoms with E-state index >= 15 is 0 Å². The van der Waals surface area contributed by atoms with Crippen molar-refractivity contribution in [1.29, 1.82) is 0 Å². The van der Waals surface area contributed by atoms with Crippen LogP contribution in [0.5, 0.6) is 0 Å². The molecule has 118 valence electrons. The molecule has 0 spiro atoms. The van der Waals surface area contributed by atoms with Crippen molar-refractivity contribution in [2.45, 2.75) is 12.6 Å². The summed E-state index contributed by atoms with van der Waals surface area (Å²) in [5.41, 5.74) is 10.6. The second-order valence-electron chi connectivity index (χ2n) is 4.40. The fourth-order valence-corrected chi connectivity index (χ4v) is 2.67. The SMILES string of the molecule is CN(C)C(=O)c1sc(NCCC(F)(F)F)c(C(N)=O)c1N. The lowest BCUT2D eigenvalue weighted by Crippen LogP contribution is -2.22. The van der Waals surface area contributed by atoms with Gasteiger partial charge in [0.15, 0.2) is 0 Å². The van der Waals surface area contributed by atoms with E-state index in [0.29, 0.717) is 0 Å². The average Bonchev–Trinajstić information content (AvgIpc) is 2.63. The summed E-state index contributed by atoms with van der Waals surface area (Å²) >= 11 is 0.806. The molecular weight excluding hydrogens is 309 g/mol. The molecule has 0 bridgehead atoms. The van der Waals surface area contributed by atoms with Crippen molar-refractivity contribution in [3.05, 3.63) is 10.4 Å². The molecule has 0 unspecified atom stereocenters. The van der Waals surface area contributed by atoms with Crippen LogP contribution in [0.3, 0.4) is 0 Å². The first kappa shape index (κ1) is 17.1. The molecule has 1 aromatic rings. The van der Waals surface area contributed by atoms with Gasteiger partial charge in [0.1, 0.15) is 9.88 Å². The van der Waals surface area contributed by atoms with E-state index in [1.807, 2.05) is 0 Å². The van der Waals surface area contributed by atoms with E-state index in [9.17, 15) is 22.8 Å². The van der Waals surface area contributed by atoms with Crippen molar-refractivity contribution >= 4 is 33.8 Å². The van der Waals surface area contributed by atoms with Gasteiger partial charge in [-0.05, 0) is 0 Å². The van der Waals surface area contributed by atoms with Gasteiger partial charge in [-0.3, -0.25) is 9.59 Å². The molecule has 2 amide bonds. The van der Waals surface area contributed by atoms with Crippen LogP contribution in [0.1, 0.15) is 26.5 Å². The third kappa shape index (κ3) is 4.25. The van der Waals surface area contributed by atoms with Crippen LogP contribution < -0.4 is 16.8 Å². The Balaban J connectivity index is 3.05. The van der Waals surface area contributed by atoms with Gasteiger partial charge >= 0.3 is 6.18 Å². The monoisotopic (exact) mass is 324 g/mol. The van der Waals surface area contributed by atoms with Gasteiger partial charge in [0.25, 0.3) is 11.8 Å². The highest BCUT2D eigenvalue weighted by atomic mass is 32.1. The molecule has 1 heterocycles. The summed E-state index contributed by atoms with van der Waals surface area (Å²) in [6, 6.07) is 0. The van der Waals surface area contributed by atoms with Gasteiger partial charge in [0, 0.05) is 20.6 Å². The average molecular weight is 324 g/mol. The maximum atomic E-state index is 12.1. The standard InChI is InChI=1S/C11H15F3N4O2S/c1-18(2)10(20)7-6(15)5(8(16)19)9(21-7)17-4-3-11(12,13)14/h17H,3-4,15H2,1-2H3,(H2,16,19). The van der Waals surface area contributed by atoms with Crippen LogP contribution in [0.4, 0.5) is 23.9 Å². The fourth-order valence-electron chi connectivity index (χ4n) is 1.49. The van der Waals surface area contributed by atoms with E-state index < -0.39 is 31.0 Å². The zero-order chi connectivity index (χ0) is 16.4. The molecule has 1 rings (SSSR count). The molecule has 0 atom stereocenters. The molecule has 0 radical (unpaired) electrons. The van der Waals surface area contributed by atoms with Gasteiger partial charge in [0.05, 0.1) is 17.7 Å². The molecular formula is C11H15F3N4O2S. The minimum Gasteiger partial charge on any atom is -0.397 e. The molecule has 21 heavy (non-hydrogen) atoms. The summed E-state index contributed by atoms with van der Waals surface area (Å²) in [5, 5.41) is 2.52. The number of thiophene rings is 1. The largest absolute Gasteiger partial charge is 0.397 e. The molecule has 10 heteroatoms. The van der Waals surface area contributed by atoms with Crippen molar-refractivity contribution in [2.75, 3.05) is 31.7 Å². The smallest absolute Gasteiger partial charge is 0.390 e. The van der Waals surface area contributed by atoms with Gasteiger partial charge in [0.2, 0.25) is 0 Å². The van der Waals surface area contributed by atoms with Crippen LogP contribution >= 0.6 is 11.3 Å². The number of rotatable bonds is 5. The quantitative estimate of drug-likeness (QED) is 0.764. The predicted octanol–water partition coefficient (Wildman–Crippen LogP) is 1.50. The van der Waals surface area contributed by atoms with Crippen LogP contribution in [-0.4, -0.2) is 43.5 Å².